The van der Waals surface area contributed by atoms with Gasteiger partial charge in [0.1, 0.15) is 0 Å². The fourth-order valence-corrected chi connectivity index (χ4v) is 3.53. The smallest absolute Gasteiger partial charge is 0.227 e. The average molecular weight is 344 g/mol. The molecule has 3 rings (SSSR count). The predicted octanol–water partition coefficient (Wildman–Crippen LogP) is 2.68. The molecular weight excluding hydrogens is 316 g/mol. The fraction of sp³-hybridized carbons (Fsp3) is 0.600. The quantitative estimate of drug-likeness (QED) is 0.863. The molecule has 2 aliphatic rings. The lowest BCUT2D eigenvalue weighted by Crippen LogP contribution is -2.44. The van der Waals surface area contributed by atoms with E-state index in [9.17, 15) is 9.59 Å². The number of anilines is 1. The second-order valence-corrected chi connectivity index (χ2v) is 7.10. The van der Waals surface area contributed by atoms with E-state index >= 15 is 0 Å². The van der Waals surface area contributed by atoms with Gasteiger partial charge in [-0.05, 0) is 43.4 Å². The SMILES string of the molecule is CCCCc1ccc(N2CC(C(=O)NC3CCCOC3)CC2=O)cc1. The molecule has 2 atom stereocenters. The average Bonchev–Trinajstić information content (AvgIpc) is 3.03. The third-order valence-electron chi connectivity index (χ3n) is 5.07. The highest BCUT2D eigenvalue weighted by molar-refractivity contribution is 6.00. The second-order valence-electron chi connectivity index (χ2n) is 7.10. The van der Waals surface area contributed by atoms with Gasteiger partial charge in [-0.25, -0.2) is 0 Å². The number of hydrogen-bond acceptors (Lipinski definition) is 3. The van der Waals surface area contributed by atoms with E-state index in [1.807, 2.05) is 12.1 Å². The van der Waals surface area contributed by atoms with Gasteiger partial charge in [-0.2, -0.15) is 0 Å². The minimum Gasteiger partial charge on any atom is -0.379 e. The zero-order chi connectivity index (χ0) is 17.6. The van der Waals surface area contributed by atoms with E-state index in [1.54, 1.807) is 4.90 Å². The molecule has 2 fully saturated rings. The summed E-state index contributed by atoms with van der Waals surface area (Å²) < 4.78 is 5.40. The van der Waals surface area contributed by atoms with Gasteiger partial charge in [0.05, 0.1) is 18.6 Å². The Morgan fingerprint density at radius 1 is 1.32 bits per heavy atom. The molecular formula is C20H28N2O3. The van der Waals surface area contributed by atoms with Gasteiger partial charge in [0, 0.05) is 25.3 Å². The van der Waals surface area contributed by atoms with Gasteiger partial charge in [-0.3, -0.25) is 9.59 Å². The van der Waals surface area contributed by atoms with E-state index in [-0.39, 0.29) is 30.2 Å². The summed E-state index contributed by atoms with van der Waals surface area (Å²) in [5.74, 6) is -0.263. The first-order valence-electron chi connectivity index (χ1n) is 9.44. The summed E-state index contributed by atoms with van der Waals surface area (Å²) >= 11 is 0. The van der Waals surface area contributed by atoms with E-state index in [2.05, 4.69) is 24.4 Å². The van der Waals surface area contributed by atoms with Crippen LogP contribution in [0.3, 0.4) is 0 Å². The van der Waals surface area contributed by atoms with Gasteiger partial charge < -0.3 is 15.0 Å². The number of unbranched alkanes of at least 4 members (excludes halogenated alkanes) is 1. The Balaban J connectivity index is 1.57. The van der Waals surface area contributed by atoms with Gasteiger partial charge in [0.15, 0.2) is 0 Å². The summed E-state index contributed by atoms with van der Waals surface area (Å²) in [6.07, 6.45) is 5.64. The van der Waals surface area contributed by atoms with Crippen molar-refractivity contribution < 1.29 is 14.3 Å². The molecule has 2 aliphatic heterocycles. The molecule has 5 nitrogen and oxygen atoms in total. The lowest BCUT2D eigenvalue weighted by Gasteiger charge is -2.24. The third-order valence-corrected chi connectivity index (χ3v) is 5.07. The number of nitrogens with zero attached hydrogens (tertiary/aromatic N) is 1. The molecule has 2 amide bonds. The van der Waals surface area contributed by atoms with Crippen molar-refractivity contribution in [2.45, 2.75) is 51.5 Å². The van der Waals surface area contributed by atoms with E-state index in [4.69, 9.17) is 4.74 Å². The van der Waals surface area contributed by atoms with E-state index in [0.717, 1.165) is 31.6 Å². The maximum absolute atomic E-state index is 12.5. The van der Waals surface area contributed by atoms with Crippen molar-refractivity contribution >= 4 is 17.5 Å². The third kappa shape index (κ3) is 4.60. The Morgan fingerprint density at radius 2 is 2.12 bits per heavy atom. The highest BCUT2D eigenvalue weighted by Crippen LogP contribution is 2.26. The molecule has 0 aliphatic carbocycles. The lowest BCUT2D eigenvalue weighted by molar-refractivity contribution is -0.127. The second kappa shape index (κ2) is 8.48. The molecule has 1 N–H and O–H groups in total. The minimum absolute atomic E-state index is 0.0223. The number of rotatable bonds is 6. The molecule has 0 bridgehead atoms. The monoisotopic (exact) mass is 344 g/mol. The topological polar surface area (TPSA) is 58.6 Å². The first-order valence-corrected chi connectivity index (χ1v) is 9.44. The van der Waals surface area contributed by atoms with Crippen LogP contribution in [-0.2, 0) is 20.7 Å². The van der Waals surface area contributed by atoms with Crippen LogP contribution in [0.5, 0.6) is 0 Å². The summed E-state index contributed by atoms with van der Waals surface area (Å²) in [6.45, 7) is 4.00. The summed E-state index contributed by atoms with van der Waals surface area (Å²) in [5.41, 5.74) is 2.19. The van der Waals surface area contributed by atoms with E-state index < -0.39 is 0 Å². The number of carbonyl (C=O) groups is 2. The molecule has 2 heterocycles. The molecule has 2 unspecified atom stereocenters. The number of benzene rings is 1. The molecule has 2 saturated heterocycles. The fourth-order valence-electron chi connectivity index (χ4n) is 3.53. The number of carbonyl (C=O) groups excluding carboxylic acids is 2. The molecule has 5 heteroatoms. The Labute approximate surface area is 149 Å². The molecule has 0 radical (unpaired) electrons. The number of hydrogen-bond donors (Lipinski definition) is 1. The lowest BCUT2D eigenvalue weighted by atomic mass is 10.1. The highest BCUT2D eigenvalue weighted by Gasteiger charge is 2.35. The van der Waals surface area contributed by atoms with Crippen LogP contribution in [0.25, 0.3) is 0 Å². The molecule has 1 aromatic rings. The standard InChI is InChI=1S/C20H28N2O3/c1-2-3-5-15-7-9-18(10-8-15)22-13-16(12-19(22)23)20(24)21-17-6-4-11-25-14-17/h7-10,16-17H,2-6,11-14H2,1H3,(H,21,24). The van der Waals surface area contributed by atoms with Crippen LogP contribution < -0.4 is 10.2 Å². The Bertz CT molecular complexity index is 593. The Morgan fingerprint density at radius 3 is 2.80 bits per heavy atom. The number of nitrogens with one attached hydrogen (secondary N) is 1. The van der Waals surface area contributed by atoms with Crippen molar-refractivity contribution in [2.75, 3.05) is 24.7 Å². The Hall–Kier alpha value is -1.88. The minimum atomic E-state index is -0.269. The van der Waals surface area contributed by atoms with Crippen molar-refractivity contribution in [2.24, 2.45) is 5.92 Å². The van der Waals surface area contributed by atoms with Crippen molar-refractivity contribution in [1.29, 1.82) is 0 Å². The number of ether oxygens (including phenoxy) is 1. The predicted molar refractivity (Wildman–Crippen MR) is 97.5 cm³/mol. The Kier molecular flexibility index (Phi) is 6.08. The van der Waals surface area contributed by atoms with Crippen molar-refractivity contribution in [3.05, 3.63) is 29.8 Å². The van der Waals surface area contributed by atoms with Crippen LogP contribution in [0.1, 0.15) is 44.6 Å². The highest BCUT2D eigenvalue weighted by atomic mass is 16.5. The molecule has 0 saturated carbocycles. The van der Waals surface area contributed by atoms with Gasteiger partial charge in [-0.1, -0.05) is 25.5 Å². The maximum Gasteiger partial charge on any atom is 0.227 e. The van der Waals surface area contributed by atoms with Crippen LogP contribution in [-0.4, -0.2) is 37.6 Å². The number of amides is 2. The summed E-state index contributed by atoms with van der Waals surface area (Å²) in [6, 6.07) is 8.26. The van der Waals surface area contributed by atoms with Crippen LogP contribution in [0.15, 0.2) is 24.3 Å². The molecule has 0 spiro atoms. The van der Waals surface area contributed by atoms with Crippen LogP contribution in [0.4, 0.5) is 5.69 Å². The van der Waals surface area contributed by atoms with E-state index in [1.165, 1.54) is 18.4 Å². The molecule has 1 aromatic carbocycles. The largest absolute Gasteiger partial charge is 0.379 e. The molecule has 136 valence electrons. The first-order chi connectivity index (χ1) is 12.2. The zero-order valence-electron chi connectivity index (χ0n) is 15.0. The van der Waals surface area contributed by atoms with Crippen molar-refractivity contribution in [1.82, 2.24) is 5.32 Å². The number of aryl methyl sites for hydroxylation is 1. The van der Waals surface area contributed by atoms with E-state index in [0.29, 0.717) is 13.2 Å². The van der Waals surface area contributed by atoms with Crippen molar-refractivity contribution in [3.63, 3.8) is 0 Å². The summed E-state index contributed by atoms with van der Waals surface area (Å²) in [5, 5.41) is 3.04. The maximum atomic E-state index is 12.5. The normalized spacial score (nSPS) is 23.7. The summed E-state index contributed by atoms with van der Waals surface area (Å²) in [4.78, 5) is 26.6. The first kappa shape index (κ1) is 17.9. The van der Waals surface area contributed by atoms with Crippen LogP contribution in [0.2, 0.25) is 0 Å². The van der Waals surface area contributed by atoms with Gasteiger partial charge in [0.2, 0.25) is 11.8 Å². The molecule has 0 aromatic heterocycles. The van der Waals surface area contributed by atoms with Crippen LogP contribution >= 0.6 is 0 Å². The van der Waals surface area contributed by atoms with Gasteiger partial charge in [0.25, 0.3) is 0 Å². The summed E-state index contributed by atoms with van der Waals surface area (Å²) in [7, 11) is 0. The van der Waals surface area contributed by atoms with Crippen LogP contribution in [0, 0.1) is 5.92 Å². The zero-order valence-corrected chi connectivity index (χ0v) is 15.0. The van der Waals surface area contributed by atoms with Crippen molar-refractivity contribution in [3.8, 4) is 0 Å². The molecule has 25 heavy (non-hydrogen) atoms. The van der Waals surface area contributed by atoms with Gasteiger partial charge in [-0.15, -0.1) is 0 Å². The van der Waals surface area contributed by atoms with Gasteiger partial charge >= 0.3 is 0 Å².